The zero-order valence-electron chi connectivity index (χ0n) is 9.10. The van der Waals surface area contributed by atoms with E-state index in [2.05, 4.69) is 17.0 Å². The Balaban J connectivity index is 1.96. The van der Waals surface area contributed by atoms with E-state index >= 15 is 0 Å². The molecule has 0 radical (unpaired) electrons. The van der Waals surface area contributed by atoms with Crippen molar-refractivity contribution in [3.8, 4) is 0 Å². The minimum Gasteiger partial charge on any atom is -0.515 e. The van der Waals surface area contributed by atoms with Crippen molar-refractivity contribution in [2.45, 2.75) is 13.0 Å². The lowest BCUT2D eigenvalue weighted by molar-refractivity contribution is -0.118. The van der Waals surface area contributed by atoms with Crippen LogP contribution < -0.4 is 0 Å². The fraction of sp³-hybridized carbons (Fsp3) is 0.308. The van der Waals surface area contributed by atoms with Crippen LogP contribution >= 0.6 is 0 Å². The first-order valence-electron chi connectivity index (χ1n) is 5.42. The van der Waals surface area contributed by atoms with Crippen molar-refractivity contribution >= 4 is 5.78 Å². The standard InChI is InChI=1S/C13H15NO2/c15-10-12-6-7-14(9-13(12)16)8-11-4-2-1-3-5-11/h1-5,10,15H,6-9H2/b12-10-. The maximum Gasteiger partial charge on any atom is 0.175 e. The van der Waals surface area contributed by atoms with Crippen molar-refractivity contribution < 1.29 is 9.90 Å². The highest BCUT2D eigenvalue weighted by atomic mass is 16.2. The van der Waals surface area contributed by atoms with E-state index in [0.717, 1.165) is 19.4 Å². The van der Waals surface area contributed by atoms with E-state index in [0.29, 0.717) is 18.5 Å². The van der Waals surface area contributed by atoms with E-state index in [1.807, 2.05) is 18.2 Å². The molecule has 3 nitrogen and oxygen atoms in total. The van der Waals surface area contributed by atoms with Gasteiger partial charge in [0.2, 0.25) is 0 Å². The molecule has 0 bridgehead atoms. The summed E-state index contributed by atoms with van der Waals surface area (Å²) in [7, 11) is 0. The highest BCUT2D eigenvalue weighted by Crippen LogP contribution is 2.14. The van der Waals surface area contributed by atoms with Gasteiger partial charge in [-0.05, 0) is 12.0 Å². The molecule has 1 fully saturated rings. The number of carbonyl (C=O) groups excluding carboxylic acids is 1. The van der Waals surface area contributed by atoms with Crippen molar-refractivity contribution in [3.63, 3.8) is 0 Å². The molecule has 0 saturated carbocycles. The Labute approximate surface area is 95.0 Å². The van der Waals surface area contributed by atoms with Crippen molar-refractivity contribution in [1.29, 1.82) is 0 Å². The van der Waals surface area contributed by atoms with Gasteiger partial charge in [-0.15, -0.1) is 0 Å². The van der Waals surface area contributed by atoms with E-state index in [1.165, 1.54) is 5.56 Å². The molecule has 1 aliphatic heterocycles. The molecular weight excluding hydrogens is 202 g/mol. The lowest BCUT2D eigenvalue weighted by Crippen LogP contribution is -2.36. The van der Waals surface area contributed by atoms with Crippen LogP contribution in [-0.2, 0) is 11.3 Å². The van der Waals surface area contributed by atoms with Crippen LogP contribution in [0.25, 0.3) is 0 Å². The Morgan fingerprint density at radius 1 is 1.31 bits per heavy atom. The number of aliphatic hydroxyl groups is 1. The second-order valence-corrected chi connectivity index (χ2v) is 4.02. The molecule has 84 valence electrons. The summed E-state index contributed by atoms with van der Waals surface area (Å²) in [6.07, 6.45) is 1.59. The highest BCUT2D eigenvalue weighted by Gasteiger charge is 2.21. The molecule has 0 aliphatic carbocycles. The van der Waals surface area contributed by atoms with Crippen LogP contribution in [0.4, 0.5) is 0 Å². The molecule has 1 saturated heterocycles. The Morgan fingerprint density at radius 3 is 2.69 bits per heavy atom. The summed E-state index contributed by atoms with van der Waals surface area (Å²) in [5, 5.41) is 8.84. The minimum absolute atomic E-state index is 0.0321. The van der Waals surface area contributed by atoms with Crippen molar-refractivity contribution in [2.24, 2.45) is 0 Å². The summed E-state index contributed by atoms with van der Waals surface area (Å²) in [6.45, 7) is 2.03. The molecule has 1 heterocycles. The third kappa shape index (κ3) is 2.49. The first kappa shape index (κ1) is 10.9. The number of ketones is 1. The first-order valence-corrected chi connectivity index (χ1v) is 5.42. The molecule has 0 atom stereocenters. The van der Waals surface area contributed by atoms with E-state index < -0.39 is 0 Å². The number of nitrogens with zero attached hydrogens (tertiary/aromatic N) is 1. The van der Waals surface area contributed by atoms with Crippen LogP contribution in [0, 0.1) is 0 Å². The number of piperidine rings is 1. The third-order valence-electron chi connectivity index (χ3n) is 2.83. The van der Waals surface area contributed by atoms with E-state index in [1.54, 1.807) is 0 Å². The number of rotatable bonds is 2. The number of likely N-dealkylation sites (tertiary alicyclic amines) is 1. The Morgan fingerprint density at radius 2 is 2.06 bits per heavy atom. The van der Waals surface area contributed by atoms with Gasteiger partial charge < -0.3 is 5.11 Å². The van der Waals surface area contributed by atoms with Gasteiger partial charge in [-0.1, -0.05) is 30.3 Å². The summed E-state index contributed by atoms with van der Waals surface area (Å²) in [4.78, 5) is 13.7. The quantitative estimate of drug-likeness (QED) is 0.607. The monoisotopic (exact) mass is 217 g/mol. The molecule has 1 aromatic carbocycles. The van der Waals surface area contributed by atoms with Gasteiger partial charge >= 0.3 is 0 Å². The van der Waals surface area contributed by atoms with Gasteiger partial charge in [-0.25, -0.2) is 0 Å². The van der Waals surface area contributed by atoms with Crippen molar-refractivity contribution in [1.82, 2.24) is 4.90 Å². The van der Waals surface area contributed by atoms with Crippen LogP contribution in [-0.4, -0.2) is 28.9 Å². The number of carbonyl (C=O) groups is 1. The van der Waals surface area contributed by atoms with E-state index in [-0.39, 0.29) is 5.78 Å². The van der Waals surface area contributed by atoms with Gasteiger partial charge in [-0.3, -0.25) is 9.69 Å². The topological polar surface area (TPSA) is 40.5 Å². The average molecular weight is 217 g/mol. The highest BCUT2D eigenvalue weighted by molar-refractivity contribution is 5.97. The summed E-state index contributed by atoms with van der Waals surface area (Å²) in [6, 6.07) is 10.1. The smallest absolute Gasteiger partial charge is 0.175 e. The van der Waals surface area contributed by atoms with Crippen LogP contribution in [0.3, 0.4) is 0 Å². The van der Waals surface area contributed by atoms with Gasteiger partial charge in [0.25, 0.3) is 0 Å². The maximum absolute atomic E-state index is 11.6. The number of hydrogen-bond acceptors (Lipinski definition) is 3. The van der Waals surface area contributed by atoms with Gasteiger partial charge in [0, 0.05) is 18.7 Å². The van der Waals surface area contributed by atoms with Crippen LogP contribution in [0.2, 0.25) is 0 Å². The second kappa shape index (κ2) is 4.94. The molecule has 2 rings (SSSR count). The van der Waals surface area contributed by atoms with Gasteiger partial charge in [0.05, 0.1) is 12.8 Å². The zero-order chi connectivity index (χ0) is 11.4. The first-order chi connectivity index (χ1) is 7.79. The minimum atomic E-state index is 0.0321. The summed E-state index contributed by atoms with van der Waals surface area (Å²) >= 11 is 0. The second-order valence-electron chi connectivity index (χ2n) is 4.02. The third-order valence-corrected chi connectivity index (χ3v) is 2.83. The predicted octanol–water partition coefficient (Wildman–Crippen LogP) is 1.90. The molecule has 0 aromatic heterocycles. The van der Waals surface area contributed by atoms with Gasteiger partial charge in [0.1, 0.15) is 0 Å². The van der Waals surface area contributed by atoms with Crippen LogP contribution in [0.5, 0.6) is 0 Å². The lowest BCUT2D eigenvalue weighted by Gasteiger charge is -2.26. The number of Topliss-reactive ketones (excluding diaryl/α,β-unsaturated/α-hetero) is 1. The molecular formula is C13H15NO2. The molecule has 16 heavy (non-hydrogen) atoms. The predicted molar refractivity (Wildman–Crippen MR) is 62.1 cm³/mol. The molecule has 3 heteroatoms. The lowest BCUT2D eigenvalue weighted by atomic mass is 10.0. The summed E-state index contributed by atoms with van der Waals surface area (Å²) in [5.74, 6) is 0.0321. The number of benzene rings is 1. The van der Waals surface area contributed by atoms with Crippen LogP contribution in [0.1, 0.15) is 12.0 Å². The molecule has 1 aromatic rings. The normalized spacial score (nSPS) is 20.2. The van der Waals surface area contributed by atoms with E-state index in [4.69, 9.17) is 5.11 Å². The zero-order valence-corrected chi connectivity index (χ0v) is 9.10. The fourth-order valence-corrected chi connectivity index (χ4v) is 1.91. The number of hydrogen-bond donors (Lipinski definition) is 1. The fourth-order valence-electron chi connectivity index (χ4n) is 1.91. The summed E-state index contributed by atoms with van der Waals surface area (Å²) < 4.78 is 0. The summed E-state index contributed by atoms with van der Waals surface area (Å²) in [5.41, 5.74) is 1.76. The molecule has 0 spiro atoms. The Hall–Kier alpha value is -1.61. The Bertz CT molecular complexity index is 398. The largest absolute Gasteiger partial charge is 0.515 e. The molecule has 1 aliphatic rings. The maximum atomic E-state index is 11.6. The molecule has 0 unspecified atom stereocenters. The molecule has 0 amide bonds. The SMILES string of the molecule is O=C1CN(Cc2ccccc2)CC/C1=C/O. The van der Waals surface area contributed by atoms with Gasteiger partial charge in [0.15, 0.2) is 5.78 Å². The van der Waals surface area contributed by atoms with Crippen LogP contribution in [0.15, 0.2) is 42.2 Å². The van der Waals surface area contributed by atoms with E-state index in [9.17, 15) is 4.79 Å². The van der Waals surface area contributed by atoms with Crippen molar-refractivity contribution in [3.05, 3.63) is 47.7 Å². The number of aliphatic hydroxyl groups excluding tert-OH is 1. The van der Waals surface area contributed by atoms with Gasteiger partial charge in [-0.2, -0.15) is 0 Å². The van der Waals surface area contributed by atoms with Crippen molar-refractivity contribution in [2.75, 3.05) is 13.1 Å². The average Bonchev–Trinajstić information content (AvgIpc) is 2.31. The molecule has 1 N–H and O–H groups in total. The Kier molecular flexibility index (Phi) is 3.37.